The van der Waals surface area contributed by atoms with Crippen molar-refractivity contribution in [2.45, 2.75) is 31.9 Å². The summed E-state index contributed by atoms with van der Waals surface area (Å²) in [5, 5.41) is 14.2. The van der Waals surface area contributed by atoms with Crippen LogP contribution >= 0.6 is 0 Å². The Kier molecular flexibility index (Phi) is 11.1. The Morgan fingerprint density at radius 1 is 1.08 bits per heavy atom. The highest BCUT2D eigenvalue weighted by Crippen LogP contribution is 2.31. The zero-order valence-corrected chi connectivity index (χ0v) is 19.8. The first-order chi connectivity index (χ1) is 16.3. The maximum absolute atomic E-state index is 11.5. The number of aliphatic carboxylic acids is 2. The van der Waals surface area contributed by atoms with Crippen LogP contribution < -0.4 is 4.72 Å². The summed E-state index contributed by atoms with van der Waals surface area (Å²) < 4.78 is 94.8. The van der Waals surface area contributed by atoms with E-state index in [-0.39, 0.29) is 6.04 Å². The molecule has 0 saturated carbocycles. The van der Waals surface area contributed by atoms with Crippen molar-refractivity contribution in [3.8, 4) is 0 Å². The molecular formula is C19H25F6N3O7S. The maximum atomic E-state index is 11.5. The number of nitrogens with one attached hydrogen (secondary N) is 1. The van der Waals surface area contributed by atoms with E-state index < -0.39 is 34.3 Å². The quantitative estimate of drug-likeness (QED) is 0.474. The number of hydrogen-bond acceptors (Lipinski definition) is 7. The van der Waals surface area contributed by atoms with Crippen LogP contribution in [0.3, 0.4) is 0 Å². The number of fused-ring (bicyclic) bond motifs is 1. The van der Waals surface area contributed by atoms with E-state index in [2.05, 4.69) is 14.6 Å². The molecule has 17 heteroatoms. The summed E-state index contributed by atoms with van der Waals surface area (Å²) in [7, 11) is -3.21. The summed E-state index contributed by atoms with van der Waals surface area (Å²) in [6.45, 7) is 5.79. The summed E-state index contributed by atoms with van der Waals surface area (Å²) in [4.78, 5) is 24.7. The van der Waals surface area contributed by atoms with Gasteiger partial charge in [0.2, 0.25) is 10.0 Å². The van der Waals surface area contributed by atoms with E-state index >= 15 is 0 Å². The van der Waals surface area contributed by atoms with Gasteiger partial charge in [0.05, 0.1) is 25.2 Å². The molecule has 3 heterocycles. The van der Waals surface area contributed by atoms with Crippen molar-refractivity contribution in [2.24, 2.45) is 11.8 Å². The molecule has 2 aliphatic rings. The number of carbonyl (C=O) groups is 2. The number of sulfonamides is 1. The lowest BCUT2D eigenvalue weighted by Crippen LogP contribution is -2.49. The highest BCUT2D eigenvalue weighted by molar-refractivity contribution is 7.88. The number of aromatic nitrogens is 1. The van der Waals surface area contributed by atoms with Crippen LogP contribution in [-0.4, -0.2) is 91.4 Å². The molecule has 206 valence electrons. The Balaban J connectivity index is 0.000000383. The predicted molar refractivity (Wildman–Crippen MR) is 111 cm³/mol. The van der Waals surface area contributed by atoms with Crippen LogP contribution in [0.1, 0.15) is 11.4 Å². The number of halogens is 6. The van der Waals surface area contributed by atoms with Gasteiger partial charge in [0.1, 0.15) is 0 Å². The summed E-state index contributed by atoms with van der Waals surface area (Å²) in [5.41, 5.74) is 2.08. The van der Waals surface area contributed by atoms with Gasteiger partial charge in [-0.05, 0) is 25.0 Å². The number of aryl methyl sites for hydroxylation is 1. The molecule has 0 aromatic carbocycles. The van der Waals surface area contributed by atoms with Crippen molar-refractivity contribution in [2.75, 3.05) is 32.6 Å². The Labute approximate surface area is 202 Å². The number of nitrogens with zero attached hydrogens (tertiary/aromatic N) is 2. The molecule has 0 unspecified atom stereocenters. The third-order valence-electron chi connectivity index (χ3n) is 4.90. The van der Waals surface area contributed by atoms with Crippen molar-refractivity contribution in [1.82, 2.24) is 14.6 Å². The van der Waals surface area contributed by atoms with Crippen molar-refractivity contribution >= 4 is 22.0 Å². The summed E-state index contributed by atoms with van der Waals surface area (Å²) >= 11 is 0. The van der Waals surface area contributed by atoms with Gasteiger partial charge in [-0.2, -0.15) is 26.3 Å². The van der Waals surface area contributed by atoms with E-state index in [0.29, 0.717) is 25.0 Å². The Hall–Kier alpha value is -2.50. The lowest BCUT2D eigenvalue weighted by molar-refractivity contribution is -0.193. The van der Waals surface area contributed by atoms with Gasteiger partial charge >= 0.3 is 24.3 Å². The molecule has 0 aliphatic carbocycles. The monoisotopic (exact) mass is 553 g/mol. The zero-order valence-electron chi connectivity index (χ0n) is 19.0. The minimum absolute atomic E-state index is 0.121. The highest BCUT2D eigenvalue weighted by atomic mass is 32.2. The Bertz CT molecular complexity index is 980. The van der Waals surface area contributed by atoms with Gasteiger partial charge in [-0.3, -0.25) is 9.88 Å². The van der Waals surface area contributed by atoms with Crippen molar-refractivity contribution < 1.29 is 59.3 Å². The molecule has 0 radical (unpaired) electrons. The second kappa shape index (κ2) is 12.6. The van der Waals surface area contributed by atoms with Crippen LogP contribution in [0.5, 0.6) is 0 Å². The first-order valence-electron chi connectivity index (χ1n) is 10.1. The molecule has 2 saturated heterocycles. The Morgan fingerprint density at radius 2 is 1.61 bits per heavy atom. The smallest absolute Gasteiger partial charge is 0.475 e. The summed E-state index contributed by atoms with van der Waals surface area (Å²) in [6.07, 6.45) is -8.96. The topological polar surface area (TPSA) is 146 Å². The van der Waals surface area contributed by atoms with E-state index in [0.717, 1.165) is 31.0 Å². The van der Waals surface area contributed by atoms with Crippen LogP contribution in [0.15, 0.2) is 18.2 Å². The van der Waals surface area contributed by atoms with E-state index in [1.165, 1.54) is 6.26 Å². The molecular weight excluding hydrogens is 528 g/mol. The number of alkyl halides is 6. The molecule has 3 rings (SSSR count). The number of carboxylic acids is 2. The third kappa shape index (κ3) is 11.5. The van der Waals surface area contributed by atoms with E-state index in [4.69, 9.17) is 24.5 Å². The number of hydrogen-bond donors (Lipinski definition) is 3. The van der Waals surface area contributed by atoms with Gasteiger partial charge in [-0.15, -0.1) is 0 Å². The molecule has 2 aliphatic heterocycles. The average molecular weight is 553 g/mol. The van der Waals surface area contributed by atoms with Crippen molar-refractivity contribution in [1.29, 1.82) is 0 Å². The van der Waals surface area contributed by atoms with Gasteiger partial charge in [-0.1, -0.05) is 6.07 Å². The minimum atomic E-state index is -5.08. The lowest BCUT2D eigenvalue weighted by atomic mass is 9.88. The Morgan fingerprint density at radius 3 is 2.06 bits per heavy atom. The fraction of sp³-hybridized carbons (Fsp3) is 0.632. The molecule has 0 amide bonds. The second-order valence-electron chi connectivity index (χ2n) is 8.03. The van der Waals surface area contributed by atoms with Crippen LogP contribution in [0.4, 0.5) is 26.3 Å². The van der Waals surface area contributed by atoms with Gasteiger partial charge in [0, 0.05) is 37.3 Å². The first kappa shape index (κ1) is 31.5. The molecule has 0 bridgehead atoms. The zero-order chi connectivity index (χ0) is 27.9. The van der Waals surface area contributed by atoms with Gasteiger partial charge in [0.25, 0.3) is 0 Å². The molecule has 1 aromatic heterocycles. The molecule has 3 atom stereocenters. The number of likely N-dealkylation sites (tertiary alicyclic amines) is 1. The van der Waals surface area contributed by atoms with Crippen LogP contribution in [0.2, 0.25) is 0 Å². The van der Waals surface area contributed by atoms with Crippen molar-refractivity contribution in [3.63, 3.8) is 0 Å². The number of pyridine rings is 1. The van der Waals surface area contributed by atoms with Gasteiger partial charge in [-0.25, -0.2) is 22.7 Å². The number of ether oxygens (including phenoxy) is 1. The predicted octanol–water partition coefficient (Wildman–Crippen LogP) is 1.65. The fourth-order valence-electron chi connectivity index (χ4n) is 3.53. The number of carboxylic acid groups (broad SMARTS) is 2. The normalized spacial score (nSPS) is 22.4. The molecule has 1 aromatic rings. The standard InChI is InChI=1S/C15H23N3O3S.2C2HF3O2/c1-11-4-3-5-13(16-11)7-18-6-12-9-21-10-15(14(12)8-18)17-22(2,19)20;2*3-2(4,5)1(6)7/h3-5,12,14-15,17H,6-10H2,1-2H3;2*(H,6,7)/t12-,14-,15+;;/m1../s1. The third-order valence-corrected chi connectivity index (χ3v) is 5.63. The van der Waals surface area contributed by atoms with E-state index in [1.807, 2.05) is 25.1 Å². The summed E-state index contributed by atoms with van der Waals surface area (Å²) in [5.74, 6) is -4.81. The SMILES string of the molecule is Cc1cccc(CN2C[C@@H]3COC[C@H](NS(C)(=O)=O)[C@@H]3C2)n1.O=C(O)C(F)(F)F.O=C(O)C(F)(F)F. The van der Waals surface area contributed by atoms with Crippen molar-refractivity contribution in [3.05, 3.63) is 29.6 Å². The molecule has 2 fully saturated rings. The van der Waals surface area contributed by atoms with E-state index in [9.17, 15) is 34.8 Å². The average Bonchev–Trinajstić information content (AvgIpc) is 3.10. The molecule has 0 spiro atoms. The molecule has 3 N–H and O–H groups in total. The largest absolute Gasteiger partial charge is 0.490 e. The number of rotatable bonds is 4. The first-order valence-corrected chi connectivity index (χ1v) is 12.0. The van der Waals surface area contributed by atoms with Crippen LogP contribution in [-0.2, 0) is 30.9 Å². The van der Waals surface area contributed by atoms with Gasteiger partial charge < -0.3 is 14.9 Å². The maximum Gasteiger partial charge on any atom is 0.490 e. The summed E-state index contributed by atoms with van der Waals surface area (Å²) in [6, 6.07) is 5.94. The van der Waals surface area contributed by atoms with Crippen LogP contribution in [0, 0.1) is 18.8 Å². The lowest BCUT2D eigenvalue weighted by Gasteiger charge is -2.32. The molecule has 10 nitrogen and oxygen atoms in total. The second-order valence-corrected chi connectivity index (χ2v) is 9.81. The minimum Gasteiger partial charge on any atom is -0.475 e. The van der Waals surface area contributed by atoms with E-state index in [1.54, 1.807) is 0 Å². The van der Waals surface area contributed by atoms with Crippen LogP contribution in [0.25, 0.3) is 0 Å². The van der Waals surface area contributed by atoms with Gasteiger partial charge in [0.15, 0.2) is 0 Å². The highest BCUT2D eigenvalue weighted by Gasteiger charge is 2.42. The fourth-order valence-corrected chi connectivity index (χ4v) is 4.33. The molecule has 36 heavy (non-hydrogen) atoms.